The van der Waals surface area contributed by atoms with Crippen molar-refractivity contribution in [3.63, 3.8) is 0 Å². The highest BCUT2D eigenvalue weighted by Crippen LogP contribution is 2.43. The Labute approximate surface area is 339 Å². The maximum atomic E-state index is 12.6. The minimum Gasteiger partial charge on any atom is -0.462 e. The number of ketones is 1. The molecule has 0 radical (unpaired) electrons. The number of ether oxygens (including phenoxy) is 2. The molecule has 56 heavy (non-hydrogen) atoms. The van der Waals surface area contributed by atoms with E-state index in [1.54, 1.807) is 6.08 Å². The predicted molar refractivity (Wildman–Crippen MR) is 221 cm³/mol. The molecular weight excluding hydrogens is 737 g/mol. The number of aliphatic hydroxyl groups excluding tert-OH is 2. The summed E-state index contributed by atoms with van der Waals surface area (Å²) >= 11 is 0. The van der Waals surface area contributed by atoms with Crippen LogP contribution in [0.1, 0.15) is 187 Å². The highest BCUT2D eigenvalue weighted by Gasteiger charge is 2.39. The number of phosphoric acid groups is 1. The first kappa shape index (κ1) is 52.4. The van der Waals surface area contributed by atoms with E-state index in [-0.39, 0.29) is 56.6 Å². The van der Waals surface area contributed by atoms with Crippen LogP contribution in [-0.2, 0) is 37.5 Å². The molecule has 0 aliphatic heterocycles. The van der Waals surface area contributed by atoms with Crippen LogP contribution in [0, 0.1) is 11.8 Å². The van der Waals surface area contributed by atoms with E-state index < -0.39 is 44.7 Å². The van der Waals surface area contributed by atoms with Crippen LogP contribution >= 0.6 is 7.82 Å². The highest BCUT2D eigenvalue weighted by molar-refractivity contribution is 7.47. The van der Waals surface area contributed by atoms with Gasteiger partial charge in [-0.05, 0) is 25.7 Å². The Bertz CT molecular complexity index is 1090. The van der Waals surface area contributed by atoms with Crippen LogP contribution < -0.4 is 5.73 Å². The first-order valence-corrected chi connectivity index (χ1v) is 23.8. The third-order valence-corrected chi connectivity index (χ3v) is 11.5. The summed E-state index contributed by atoms with van der Waals surface area (Å²) in [5.41, 5.74) is 5.34. The van der Waals surface area contributed by atoms with Gasteiger partial charge in [-0.25, -0.2) is 4.57 Å². The van der Waals surface area contributed by atoms with Crippen LogP contribution in [0.4, 0.5) is 0 Å². The molecule has 1 unspecified atom stereocenters. The molecule has 0 heterocycles. The van der Waals surface area contributed by atoms with E-state index in [2.05, 4.69) is 13.8 Å². The number of rotatable bonds is 38. The highest BCUT2D eigenvalue weighted by atomic mass is 31.2. The van der Waals surface area contributed by atoms with Gasteiger partial charge >= 0.3 is 19.8 Å². The molecule has 1 saturated carbocycles. The molecule has 0 bridgehead atoms. The van der Waals surface area contributed by atoms with E-state index in [1.165, 1.54) is 70.6 Å². The second-order valence-corrected chi connectivity index (χ2v) is 17.2. The fourth-order valence-corrected chi connectivity index (χ4v) is 7.94. The van der Waals surface area contributed by atoms with Crippen molar-refractivity contribution in [2.75, 3.05) is 26.4 Å². The molecule has 1 aliphatic rings. The quantitative estimate of drug-likeness (QED) is 0.0200. The predicted octanol–water partition coefficient (Wildman–Crippen LogP) is 9.20. The van der Waals surface area contributed by atoms with Crippen LogP contribution in [0.15, 0.2) is 12.2 Å². The van der Waals surface area contributed by atoms with E-state index in [1.807, 2.05) is 6.08 Å². The molecule has 0 amide bonds. The average molecular weight is 818 g/mol. The molecule has 1 aliphatic carbocycles. The third-order valence-electron chi connectivity index (χ3n) is 10.5. The van der Waals surface area contributed by atoms with E-state index in [9.17, 15) is 34.1 Å². The Kier molecular flexibility index (Phi) is 32.0. The minimum atomic E-state index is -4.43. The Hall–Kier alpha value is -1.66. The van der Waals surface area contributed by atoms with Crippen LogP contribution in [-0.4, -0.2) is 77.5 Å². The van der Waals surface area contributed by atoms with Gasteiger partial charge in [0.25, 0.3) is 0 Å². The monoisotopic (exact) mass is 818 g/mol. The number of hydrogen-bond donors (Lipinski definition) is 4. The Morgan fingerprint density at radius 3 is 1.86 bits per heavy atom. The maximum Gasteiger partial charge on any atom is 0.472 e. The molecule has 0 aromatic carbocycles. The van der Waals surface area contributed by atoms with Gasteiger partial charge in [-0.3, -0.25) is 23.4 Å². The largest absolute Gasteiger partial charge is 0.472 e. The second kappa shape index (κ2) is 34.2. The summed E-state index contributed by atoms with van der Waals surface area (Å²) in [6.07, 6.45) is 27.1. The van der Waals surface area contributed by atoms with Crippen molar-refractivity contribution in [2.45, 2.75) is 206 Å². The third kappa shape index (κ3) is 27.9. The normalized spacial score (nSPS) is 19.3. The lowest BCUT2D eigenvalue weighted by Crippen LogP contribution is -2.29. The van der Waals surface area contributed by atoms with Crippen LogP contribution in [0.3, 0.4) is 0 Å². The Morgan fingerprint density at radius 1 is 0.768 bits per heavy atom. The van der Waals surface area contributed by atoms with Gasteiger partial charge < -0.3 is 30.3 Å². The fraction of sp³-hybridized carbons (Fsp3) is 0.884. The number of Topliss-reactive ketones (excluding diaryl/α,β-unsaturated/α-hetero) is 1. The lowest BCUT2D eigenvalue weighted by Gasteiger charge is -2.20. The molecule has 5 N–H and O–H groups in total. The zero-order chi connectivity index (χ0) is 41.3. The summed E-state index contributed by atoms with van der Waals surface area (Å²) in [6, 6.07) is 0. The SMILES string of the molecule is CCCCCCCCCCCCCCCCCC(=O)O[C@H](COC(=O)CCCCCC[C@H]1C(=O)C[C@@H](O)[C@@H]1/C=C/[C@@H](O)CCCCC)COP(=O)(O)OCCN. The number of esters is 2. The van der Waals surface area contributed by atoms with E-state index in [4.69, 9.17) is 24.3 Å². The summed E-state index contributed by atoms with van der Waals surface area (Å²) in [6.45, 7) is 3.38. The Morgan fingerprint density at radius 2 is 1.29 bits per heavy atom. The fourth-order valence-electron chi connectivity index (χ4n) is 7.18. The minimum absolute atomic E-state index is 0.0210. The zero-order valence-electron chi connectivity index (χ0n) is 35.1. The van der Waals surface area contributed by atoms with Crippen molar-refractivity contribution >= 4 is 25.5 Å². The van der Waals surface area contributed by atoms with Gasteiger partial charge in [-0.2, -0.15) is 0 Å². The first-order valence-electron chi connectivity index (χ1n) is 22.3. The van der Waals surface area contributed by atoms with Crippen molar-refractivity contribution in [1.82, 2.24) is 0 Å². The summed E-state index contributed by atoms with van der Waals surface area (Å²) in [7, 11) is -4.43. The molecule has 0 aromatic rings. The average Bonchev–Trinajstić information content (AvgIpc) is 3.44. The van der Waals surface area contributed by atoms with Gasteiger partial charge in [0.2, 0.25) is 0 Å². The number of hydrogen-bond acceptors (Lipinski definition) is 11. The smallest absolute Gasteiger partial charge is 0.462 e. The van der Waals surface area contributed by atoms with Crippen molar-refractivity contribution in [2.24, 2.45) is 17.6 Å². The standard InChI is InChI=1S/C43H80NO11P/c1-3-5-7-8-9-10-11-12-13-14-15-16-17-18-24-28-43(49)55-37(35-54-56(50,51)53-32-31-44)34-52-42(48)27-23-20-19-22-26-38-39(41(47)33-40(38)46)30-29-36(45)25-21-6-4-2/h29-30,36-39,41,45,47H,3-28,31-35,44H2,1-2H3,(H,50,51)/b30-29+/t36-,37+,38+,39+,41+/m0/s1. The van der Waals surface area contributed by atoms with Crippen molar-refractivity contribution in [3.8, 4) is 0 Å². The van der Waals surface area contributed by atoms with Crippen molar-refractivity contribution < 1.29 is 52.6 Å². The number of carbonyl (C=O) groups excluding carboxylic acids is 3. The van der Waals surface area contributed by atoms with Crippen LogP contribution in [0.2, 0.25) is 0 Å². The molecule has 0 saturated heterocycles. The number of carbonyl (C=O) groups is 3. The summed E-state index contributed by atoms with van der Waals surface area (Å²) in [5, 5.41) is 20.7. The molecule has 12 nitrogen and oxygen atoms in total. The zero-order valence-corrected chi connectivity index (χ0v) is 36.0. The summed E-state index contributed by atoms with van der Waals surface area (Å²) < 4.78 is 32.8. The number of unbranched alkanes of at least 4 members (excludes halogenated alkanes) is 19. The molecule has 328 valence electrons. The van der Waals surface area contributed by atoms with E-state index in [0.29, 0.717) is 25.7 Å². The summed E-state index contributed by atoms with van der Waals surface area (Å²) in [5.74, 6) is -1.50. The van der Waals surface area contributed by atoms with Gasteiger partial charge in [0.1, 0.15) is 12.4 Å². The van der Waals surface area contributed by atoms with Gasteiger partial charge in [0.15, 0.2) is 6.10 Å². The topological polar surface area (TPSA) is 192 Å². The second-order valence-electron chi connectivity index (χ2n) is 15.7. The number of aliphatic hydroxyl groups is 2. The lowest BCUT2D eigenvalue weighted by atomic mass is 9.88. The molecule has 0 aromatic heterocycles. The van der Waals surface area contributed by atoms with Gasteiger partial charge in [0, 0.05) is 37.6 Å². The first-order chi connectivity index (χ1) is 27.0. The van der Waals surface area contributed by atoms with Crippen molar-refractivity contribution in [3.05, 3.63) is 12.2 Å². The summed E-state index contributed by atoms with van der Waals surface area (Å²) in [4.78, 5) is 47.6. The maximum absolute atomic E-state index is 12.6. The molecule has 1 rings (SSSR count). The lowest BCUT2D eigenvalue weighted by molar-refractivity contribution is -0.161. The molecule has 13 heteroatoms. The van der Waals surface area contributed by atoms with Crippen LogP contribution in [0.5, 0.6) is 0 Å². The van der Waals surface area contributed by atoms with Crippen LogP contribution in [0.25, 0.3) is 0 Å². The number of nitrogens with two attached hydrogens (primary N) is 1. The van der Waals surface area contributed by atoms with Gasteiger partial charge in [0.05, 0.1) is 25.4 Å². The molecular formula is C43H80NO11P. The number of phosphoric ester groups is 1. The van der Waals surface area contributed by atoms with E-state index in [0.717, 1.165) is 57.8 Å². The molecule has 1 fully saturated rings. The van der Waals surface area contributed by atoms with E-state index >= 15 is 0 Å². The molecule has 0 spiro atoms. The van der Waals surface area contributed by atoms with Crippen molar-refractivity contribution in [1.29, 1.82) is 0 Å². The Balaban J connectivity index is 2.35. The molecule has 6 atom stereocenters. The van der Waals surface area contributed by atoms with Gasteiger partial charge in [-0.1, -0.05) is 154 Å². The van der Waals surface area contributed by atoms with Gasteiger partial charge in [-0.15, -0.1) is 0 Å².